The molecule has 2 aromatic carbocycles. The van der Waals surface area contributed by atoms with Gasteiger partial charge in [-0.25, -0.2) is 0 Å². The van der Waals surface area contributed by atoms with Crippen LogP contribution in [0.5, 0.6) is 0 Å². The minimum Gasteiger partial charge on any atom is -0.398 e. The Labute approximate surface area is 102 Å². The van der Waals surface area contributed by atoms with Gasteiger partial charge in [-0.05, 0) is 30.0 Å². The van der Waals surface area contributed by atoms with Crippen molar-refractivity contribution in [1.29, 1.82) is 0 Å². The molecule has 0 heterocycles. The molecule has 0 aliphatic rings. The van der Waals surface area contributed by atoms with Crippen molar-refractivity contribution in [3.8, 4) is 0 Å². The maximum atomic E-state index is 6.16. The molecule has 1 atom stereocenters. The Hall–Kier alpha value is -1.80. The van der Waals surface area contributed by atoms with Crippen LogP contribution in [0.2, 0.25) is 0 Å². The van der Waals surface area contributed by atoms with Crippen LogP contribution in [0, 0.1) is 0 Å². The van der Waals surface area contributed by atoms with Crippen molar-refractivity contribution in [2.24, 2.45) is 5.73 Å². The van der Waals surface area contributed by atoms with E-state index in [9.17, 15) is 0 Å². The Kier molecular flexibility index (Phi) is 3.78. The van der Waals surface area contributed by atoms with E-state index in [4.69, 9.17) is 11.5 Å². The van der Waals surface area contributed by atoms with E-state index in [0.29, 0.717) is 0 Å². The molecule has 0 saturated carbocycles. The van der Waals surface area contributed by atoms with Crippen molar-refractivity contribution in [3.05, 3.63) is 65.7 Å². The zero-order valence-corrected chi connectivity index (χ0v) is 9.84. The highest BCUT2D eigenvalue weighted by molar-refractivity contribution is 5.48. The first-order valence-electron chi connectivity index (χ1n) is 5.91. The topological polar surface area (TPSA) is 52.0 Å². The number of nitrogens with two attached hydrogens (primary N) is 2. The maximum absolute atomic E-state index is 6.16. The minimum atomic E-state index is 0.0106. The van der Waals surface area contributed by atoms with E-state index in [1.54, 1.807) is 0 Å². The third-order valence-corrected chi connectivity index (χ3v) is 2.98. The van der Waals surface area contributed by atoms with Crippen molar-refractivity contribution >= 4 is 5.69 Å². The summed E-state index contributed by atoms with van der Waals surface area (Å²) in [5.74, 6) is 0. The van der Waals surface area contributed by atoms with Gasteiger partial charge in [0.2, 0.25) is 0 Å². The van der Waals surface area contributed by atoms with E-state index in [1.165, 1.54) is 5.56 Å². The standard InChI is InChI=1S/C15H18N2/c16-14-9-5-4-8-13(14)15(17)11-10-12-6-2-1-3-7-12/h1-9,15H,10-11,16-17H2/t15-/m0/s1. The number of rotatable bonds is 4. The normalized spacial score (nSPS) is 12.3. The summed E-state index contributed by atoms with van der Waals surface area (Å²) in [6, 6.07) is 18.2. The molecule has 2 heteroatoms. The van der Waals surface area contributed by atoms with Crippen LogP contribution in [0.3, 0.4) is 0 Å². The SMILES string of the molecule is Nc1ccccc1[C@@H](N)CCc1ccccc1. The van der Waals surface area contributed by atoms with Crippen LogP contribution < -0.4 is 11.5 Å². The van der Waals surface area contributed by atoms with E-state index in [2.05, 4.69) is 24.3 Å². The molecule has 4 N–H and O–H groups in total. The second-order valence-corrected chi connectivity index (χ2v) is 4.26. The predicted octanol–water partition coefficient (Wildman–Crippen LogP) is 2.90. The maximum Gasteiger partial charge on any atom is 0.0362 e. The van der Waals surface area contributed by atoms with Gasteiger partial charge in [0.05, 0.1) is 0 Å². The van der Waals surface area contributed by atoms with Crippen LogP contribution in [0.15, 0.2) is 54.6 Å². The number of nitrogen functional groups attached to an aromatic ring is 1. The molecule has 0 bridgehead atoms. The Morgan fingerprint density at radius 3 is 2.24 bits per heavy atom. The third kappa shape index (κ3) is 3.08. The van der Waals surface area contributed by atoms with Crippen LogP contribution in [0.25, 0.3) is 0 Å². The van der Waals surface area contributed by atoms with Gasteiger partial charge in [-0.1, -0.05) is 48.5 Å². The van der Waals surface area contributed by atoms with Gasteiger partial charge in [0.25, 0.3) is 0 Å². The molecule has 2 aromatic rings. The fraction of sp³-hybridized carbons (Fsp3) is 0.200. The van der Waals surface area contributed by atoms with E-state index in [1.807, 2.05) is 30.3 Å². The van der Waals surface area contributed by atoms with Crippen molar-refractivity contribution < 1.29 is 0 Å². The Bertz CT molecular complexity index is 465. The monoisotopic (exact) mass is 226 g/mol. The van der Waals surface area contributed by atoms with Crippen LogP contribution in [0.1, 0.15) is 23.6 Å². The highest BCUT2D eigenvalue weighted by Crippen LogP contribution is 2.21. The van der Waals surface area contributed by atoms with E-state index >= 15 is 0 Å². The molecule has 0 aromatic heterocycles. The molecule has 0 aliphatic carbocycles. The molecule has 0 saturated heterocycles. The van der Waals surface area contributed by atoms with Gasteiger partial charge >= 0.3 is 0 Å². The van der Waals surface area contributed by atoms with Crippen LogP contribution >= 0.6 is 0 Å². The van der Waals surface area contributed by atoms with E-state index in [-0.39, 0.29) is 6.04 Å². The van der Waals surface area contributed by atoms with Gasteiger partial charge in [0.15, 0.2) is 0 Å². The van der Waals surface area contributed by atoms with Crippen molar-refractivity contribution in [2.45, 2.75) is 18.9 Å². The molecule has 0 spiro atoms. The van der Waals surface area contributed by atoms with Gasteiger partial charge in [-0.2, -0.15) is 0 Å². The third-order valence-electron chi connectivity index (χ3n) is 2.98. The van der Waals surface area contributed by atoms with Crippen molar-refractivity contribution in [1.82, 2.24) is 0 Å². The molecule has 0 fully saturated rings. The number of benzene rings is 2. The molecule has 2 nitrogen and oxygen atoms in total. The highest BCUT2D eigenvalue weighted by Gasteiger charge is 2.08. The highest BCUT2D eigenvalue weighted by atomic mass is 14.7. The van der Waals surface area contributed by atoms with Crippen molar-refractivity contribution in [3.63, 3.8) is 0 Å². The lowest BCUT2D eigenvalue weighted by Gasteiger charge is -2.14. The summed E-state index contributed by atoms with van der Waals surface area (Å²) in [6.45, 7) is 0. The summed E-state index contributed by atoms with van der Waals surface area (Å²) in [5.41, 5.74) is 15.2. The van der Waals surface area contributed by atoms with Crippen LogP contribution in [0.4, 0.5) is 5.69 Å². The molecular weight excluding hydrogens is 208 g/mol. The summed E-state index contributed by atoms with van der Waals surface area (Å²) in [5, 5.41) is 0. The first-order chi connectivity index (χ1) is 8.27. The average molecular weight is 226 g/mol. The molecule has 17 heavy (non-hydrogen) atoms. The lowest BCUT2D eigenvalue weighted by Crippen LogP contribution is -2.13. The lowest BCUT2D eigenvalue weighted by atomic mass is 9.98. The van der Waals surface area contributed by atoms with Crippen LogP contribution in [-0.4, -0.2) is 0 Å². The lowest BCUT2D eigenvalue weighted by molar-refractivity contribution is 0.653. The summed E-state index contributed by atoms with van der Waals surface area (Å²) in [7, 11) is 0. The first kappa shape index (κ1) is 11.7. The van der Waals surface area contributed by atoms with Gasteiger partial charge < -0.3 is 11.5 Å². The van der Waals surface area contributed by atoms with Gasteiger partial charge in [0, 0.05) is 11.7 Å². The summed E-state index contributed by atoms with van der Waals surface area (Å²) in [4.78, 5) is 0. The number of para-hydroxylation sites is 1. The van der Waals surface area contributed by atoms with E-state index < -0.39 is 0 Å². The van der Waals surface area contributed by atoms with Crippen molar-refractivity contribution in [2.75, 3.05) is 5.73 Å². The molecule has 0 unspecified atom stereocenters. The second-order valence-electron chi connectivity index (χ2n) is 4.26. The molecule has 0 amide bonds. The Morgan fingerprint density at radius 2 is 1.53 bits per heavy atom. The minimum absolute atomic E-state index is 0.0106. The molecular formula is C15H18N2. The number of hydrogen-bond donors (Lipinski definition) is 2. The average Bonchev–Trinajstić information content (AvgIpc) is 2.38. The second kappa shape index (κ2) is 5.51. The fourth-order valence-electron chi connectivity index (χ4n) is 1.97. The Balaban J connectivity index is 1.99. The molecule has 2 rings (SSSR count). The molecule has 88 valence electrons. The smallest absolute Gasteiger partial charge is 0.0362 e. The quantitative estimate of drug-likeness (QED) is 0.788. The van der Waals surface area contributed by atoms with Gasteiger partial charge in [-0.3, -0.25) is 0 Å². The van der Waals surface area contributed by atoms with Crippen LogP contribution in [-0.2, 0) is 6.42 Å². The number of aryl methyl sites for hydroxylation is 1. The Morgan fingerprint density at radius 1 is 0.882 bits per heavy atom. The van der Waals surface area contributed by atoms with Gasteiger partial charge in [0.1, 0.15) is 0 Å². The number of anilines is 1. The summed E-state index contributed by atoms with van der Waals surface area (Å²) < 4.78 is 0. The molecule has 0 radical (unpaired) electrons. The largest absolute Gasteiger partial charge is 0.398 e. The summed E-state index contributed by atoms with van der Waals surface area (Å²) >= 11 is 0. The first-order valence-corrected chi connectivity index (χ1v) is 5.91. The van der Waals surface area contributed by atoms with Gasteiger partial charge in [-0.15, -0.1) is 0 Å². The fourth-order valence-corrected chi connectivity index (χ4v) is 1.97. The predicted molar refractivity (Wildman–Crippen MR) is 72.5 cm³/mol. The van der Waals surface area contributed by atoms with E-state index in [0.717, 1.165) is 24.1 Å². The molecule has 0 aliphatic heterocycles. The zero-order valence-electron chi connectivity index (χ0n) is 9.84. The zero-order chi connectivity index (χ0) is 12.1. The number of hydrogen-bond acceptors (Lipinski definition) is 2. The summed E-state index contributed by atoms with van der Waals surface area (Å²) in [6.07, 6.45) is 1.90.